The van der Waals surface area contributed by atoms with Crippen LogP contribution in [0.5, 0.6) is 0 Å². The second-order valence-corrected chi connectivity index (χ2v) is 6.14. The van der Waals surface area contributed by atoms with Gasteiger partial charge in [0.2, 0.25) is 0 Å². The summed E-state index contributed by atoms with van der Waals surface area (Å²) in [5.41, 5.74) is 5.96. The fourth-order valence-corrected chi connectivity index (χ4v) is 3.22. The van der Waals surface area contributed by atoms with E-state index in [9.17, 15) is 0 Å². The molecule has 1 rings (SSSR count). The van der Waals surface area contributed by atoms with E-state index in [0.29, 0.717) is 12.6 Å². The largest absolute Gasteiger partial charge is 0.329 e. The van der Waals surface area contributed by atoms with Crippen LogP contribution < -0.4 is 5.73 Å². The first-order valence-corrected chi connectivity index (χ1v) is 7.67. The lowest BCUT2D eigenvalue weighted by molar-refractivity contribution is 0.185. The van der Waals surface area contributed by atoms with Gasteiger partial charge in [-0.2, -0.15) is 0 Å². The second kappa shape index (κ2) is 8.12. The zero-order chi connectivity index (χ0) is 13.5. The number of rotatable bonds is 8. The fourth-order valence-electron chi connectivity index (χ4n) is 1.99. The molecular weight excluding hydrogens is 266 g/mol. The van der Waals surface area contributed by atoms with Crippen molar-refractivity contribution in [2.75, 3.05) is 40.3 Å². The van der Waals surface area contributed by atoms with Crippen molar-refractivity contribution in [3.05, 3.63) is 21.3 Å². The first-order chi connectivity index (χ1) is 8.58. The summed E-state index contributed by atoms with van der Waals surface area (Å²) in [6.45, 7) is 6.01. The SMILES string of the molecule is CCCN(CCN(C)C)C(CN)c1cc(Cl)cs1. The van der Waals surface area contributed by atoms with Gasteiger partial charge in [-0.1, -0.05) is 18.5 Å². The van der Waals surface area contributed by atoms with Crippen molar-refractivity contribution in [2.45, 2.75) is 19.4 Å². The highest BCUT2D eigenvalue weighted by molar-refractivity contribution is 7.10. The van der Waals surface area contributed by atoms with Crippen LogP contribution in [-0.4, -0.2) is 50.1 Å². The van der Waals surface area contributed by atoms with Crippen molar-refractivity contribution in [2.24, 2.45) is 5.73 Å². The summed E-state index contributed by atoms with van der Waals surface area (Å²) in [5.74, 6) is 0. The molecule has 0 aliphatic heterocycles. The molecule has 0 saturated heterocycles. The molecule has 1 aromatic rings. The van der Waals surface area contributed by atoms with Crippen LogP contribution in [-0.2, 0) is 0 Å². The van der Waals surface area contributed by atoms with E-state index in [2.05, 4.69) is 30.8 Å². The van der Waals surface area contributed by atoms with E-state index in [-0.39, 0.29) is 0 Å². The summed E-state index contributed by atoms with van der Waals surface area (Å²) < 4.78 is 0. The molecule has 5 heteroatoms. The number of thiophene rings is 1. The van der Waals surface area contributed by atoms with Gasteiger partial charge in [-0.3, -0.25) is 4.90 Å². The van der Waals surface area contributed by atoms with Crippen LogP contribution in [0.15, 0.2) is 11.4 Å². The molecule has 0 aromatic carbocycles. The molecule has 1 atom stereocenters. The maximum absolute atomic E-state index is 6.01. The molecule has 0 aliphatic rings. The third kappa shape index (κ3) is 4.86. The molecule has 104 valence electrons. The minimum absolute atomic E-state index is 0.294. The highest BCUT2D eigenvalue weighted by Crippen LogP contribution is 2.28. The molecule has 3 nitrogen and oxygen atoms in total. The van der Waals surface area contributed by atoms with Crippen molar-refractivity contribution >= 4 is 22.9 Å². The highest BCUT2D eigenvalue weighted by atomic mass is 35.5. The van der Waals surface area contributed by atoms with Gasteiger partial charge in [-0.15, -0.1) is 11.3 Å². The molecule has 0 amide bonds. The standard InChI is InChI=1S/C13H24ClN3S/c1-4-5-17(7-6-16(2)3)12(9-15)13-8-11(14)10-18-13/h8,10,12H,4-7,9,15H2,1-3H3. The Balaban J connectivity index is 2.73. The normalized spacial score (nSPS) is 13.5. The predicted octanol–water partition coefficient (Wildman–Crippen LogP) is 2.67. The van der Waals surface area contributed by atoms with Crippen molar-refractivity contribution in [1.29, 1.82) is 0 Å². The van der Waals surface area contributed by atoms with Gasteiger partial charge >= 0.3 is 0 Å². The minimum atomic E-state index is 0.294. The third-order valence-corrected chi connectivity index (χ3v) is 4.31. The molecule has 1 heterocycles. The van der Waals surface area contributed by atoms with Crippen LogP contribution in [0.2, 0.25) is 5.02 Å². The number of likely N-dealkylation sites (N-methyl/N-ethyl adjacent to an activating group) is 1. The van der Waals surface area contributed by atoms with Crippen molar-refractivity contribution in [3.8, 4) is 0 Å². The van der Waals surface area contributed by atoms with E-state index in [0.717, 1.165) is 31.1 Å². The first kappa shape index (κ1) is 15.9. The molecule has 0 aliphatic carbocycles. The number of nitrogens with zero attached hydrogens (tertiary/aromatic N) is 2. The molecule has 0 fully saturated rings. The topological polar surface area (TPSA) is 32.5 Å². The van der Waals surface area contributed by atoms with Crippen LogP contribution in [0.1, 0.15) is 24.3 Å². The highest BCUT2D eigenvalue weighted by Gasteiger charge is 2.19. The van der Waals surface area contributed by atoms with Crippen LogP contribution in [0.25, 0.3) is 0 Å². The Morgan fingerprint density at radius 1 is 1.33 bits per heavy atom. The number of hydrogen-bond donors (Lipinski definition) is 1. The molecule has 0 spiro atoms. The second-order valence-electron chi connectivity index (χ2n) is 4.76. The lowest BCUT2D eigenvalue weighted by atomic mass is 10.2. The van der Waals surface area contributed by atoms with E-state index in [1.54, 1.807) is 11.3 Å². The zero-order valence-corrected chi connectivity index (χ0v) is 13.1. The predicted molar refractivity (Wildman–Crippen MR) is 81.5 cm³/mol. The summed E-state index contributed by atoms with van der Waals surface area (Å²) in [4.78, 5) is 5.94. The van der Waals surface area contributed by atoms with Crippen LogP contribution >= 0.6 is 22.9 Å². The van der Waals surface area contributed by atoms with Crippen molar-refractivity contribution in [3.63, 3.8) is 0 Å². The Kier molecular flexibility index (Phi) is 7.19. The summed E-state index contributed by atoms with van der Waals surface area (Å²) in [5, 5.41) is 2.80. The molecule has 0 saturated carbocycles. The Hall–Kier alpha value is -0.130. The average Bonchev–Trinajstić information content (AvgIpc) is 2.73. The minimum Gasteiger partial charge on any atom is -0.329 e. The monoisotopic (exact) mass is 289 g/mol. The van der Waals surface area contributed by atoms with Crippen molar-refractivity contribution in [1.82, 2.24) is 9.80 Å². The van der Waals surface area contributed by atoms with E-state index in [1.165, 1.54) is 4.88 Å². The van der Waals surface area contributed by atoms with Gasteiger partial charge in [0.25, 0.3) is 0 Å². The number of nitrogens with two attached hydrogens (primary N) is 1. The maximum Gasteiger partial charge on any atom is 0.0565 e. The van der Waals surface area contributed by atoms with Gasteiger partial charge in [0, 0.05) is 29.9 Å². The van der Waals surface area contributed by atoms with Crippen molar-refractivity contribution < 1.29 is 0 Å². The molecule has 2 N–H and O–H groups in total. The third-order valence-electron chi connectivity index (χ3n) is 2.93. The Morgan fingerprint density at radius 2 is 2.06 bits per heavy atom. The van der Waals surface area contributed by atoms with E-state index < -0.39 is 0 Å². The summed E-state index contributed by atoms with van der Waals surface area (Å²) in [7, 11) is 4.20. The lowest BCUT2D eigenvalue weighted by Crippen LogP contribution is -2.38. The van der Waals surface area contributed by atoms with Gasteiger partial charge < -0.3 is 10.6 Å². The smallest absolute Gasteiger partial charge is 0.0565 e. The van der Waals surface area contributed by atoms with Gasteiger partial charge in [0.1, 0.15) is 0 Å². The molecule has 1 aromatic heterocycles. The summed E-state index contributed by atoms with van der Waals surface area (Å²) in [6.07, 6.45) is 1.14. The molecule has 0 bridgehead atoms. The summed E-state index contributed by atoms with van der Waals surface area (Å²) in [6, 6.07) is 2.34. The molecule has 0 radical (unpaired) electrons. The lowest BCUT2D eigenvalue weighted by Gasteiger charge is -2.31. The van der Waals surface area contributed by atoms with Crippen LogP contribution in [0.4, 0.5) is 0 Å². The molecular formula is C13H24ClN3S. The average molecular weight is 290 g/mol. The van der Waals surface area contributed by atoms with Gasteiger partial charge in [0.15, 0.2) is 0 Å². The molecule has 1 unspecified atom stereocenters. The van der Waals surface area contributed by atoms with Crippen LogP contribution in [0, 0.1) is 0 Å². The van der Waals surface area contributed by atoms with Gasteiger partial charge in [0.05, 0.1) is 11.1 Å². The molecule has 18 heavy (non-hydrogen) atoms. The van der Waals surface area contributed by atoms with Gasteiger partial charge in [-0.25, -0.2) is 0 Å². The Labute approximate surface area is 120 Å². The number of hydrogen-bond acceptors (Lipinski definition) is 4. The Bertz CT molecular complexity index is 341. The number of halogens is 1. The van der Waals surface area contributed by atoms with Gasteiger partial charge in [-0.05, 0) is 33.1 Å². The summed E-state index contributed by atoms with van der Waals surface area (Å²) >= 11 is 7.72. The van der Waals surface area contributed by atoms with Crippen LogP contribution in [0.3, 0.4) is 0 Å². The Morgan fingerprint density at radius 3 is 2.50 bits per heavy atom. The first-order valence-electron chi connectivity index (χ1n) is 6.41. The van der Waals surface area contributed by atoms with E-state index >= 15 is 0 Å². The fraction of sp³-hybridized carbons (Fsp3) is 0.692. The maximum atomic E-state index is 6.01. The van der Waals surface area contributed by atoms with E-state index in [1.807, 2.05) is 11.4 Å². The van der Waals surface area contributed by atoms with E-state index in [4.69, 9.17) is 17.3 Å². The quantitative estimate of drug-likeness (QED) is 0.799. The zero-order valence-electron chi connectivity index (χ0n) is 11.5.